The maximum Gasteiger partial charge on any atom is 0.145 e. The number of halogens is 1. The van der Waals surface area contributed by atoms with Crippen molar-refractivity contribution in [3.05, 3.63) is 88.0 Å². The number of rotatable bonds is 17. The Bertz CT molecular complexity index is 957. The summed E-state index contributed by atoms with van der Waals surface area (Å²) in [6, 6.07) is -0.632. The van der Waals surface area contributed by atoms with Crippen LogP contribution >= 0.6 is 0 Å². The molecule has 0 aromatic rings. The molecule has 2 N–H and O–H groups in total. The predicted molar refractivity (Wildman–Crippen MR) is 154 cm³/mol. The molecule has 0 saturated carbocycles. The van der Waals surface area contributed by atoms with Crippen molar-refractivity contribution >= 4 is 0 Å². The van der Waals surface area contributed by atoms with Crippen LogP contribution < -0.4 is 5.43 Å². The first-order valence-corrected chi connectivity index (χ1v) is 13.1. The fourth-order valence-electron chi connectivity index (χ4n) is 3.62. The molecule has 0 amide bonds. The molecule has 0 aromatic carbocycles. The van der Waals surface area contributed by atoms with E-state index in [0.717, 1.165) is 11.1 Å². The van der Waals surface area contributed by atoms with Gasteiger partial charge in [-0.15, -0.1) is 0 Å². The second-order valence-electron chi connectivity index (χ2n) is 10.1. The number of aliphatic hydroxyl groups excluding tert-OH is 1. The topological polar surface area (TPSA) is 83.4 Å². The first-order chi connectivity index (χ1) is 18.1. The molecule has 0 radical (unpaired) electrons. The molecule has 0 aliphatic heterocycles. The first kappa shape index (κ1) is 33.1. The molecule has 2 atom stereocenters. The smallest absolute Gasteiger partial charge is 0.145 e. The number of hydrogen-bond donors (Lipinski definition) is 2. The van der Waals surface area contributed by atoms with Crippen LogP contribution in [-0.4, -0.2) is 55.7 Å². The third-order valence-electron chi connectivity index (χ3n) is 6.06. The van der Waals surface area contributed by atoms with Gasteiger partial charge in [-0.3, -0.25) is 0 Å². The van der Waals surface area contributed by atoms with Crippen LogP contribution in [0.2, 0.25) is 0 Å². The minimum Gasteiger partial charge on any atom is -0.499 e. The number of nitrogens with one attached hydrogen (secondary N) is 1. The van der Waals surface area contributed by atoms with Crippen LogP contribution in [0.25, 0.3) is 0 Å². The summed E-state index contributed by atoms with van der Waals surface area (Å²) in [5, 5.41) is 14.5. The van der Waals surface area contributed by atoms with Gasteiger partial charge in [0.25, 0.3) is 0 Å². The lowest BCUT2D eigenvalue weighted by atomic mass is 9.75. The number of nitroso groups, excluding NO2 is 1. The Morgan fingerprint density at radius 2 is 2.00 bits per heavy atom. The molecule has 2 unspecified atom stereocenters. The van der Waals surface area contributed by atoms with Crippen LogP contribution in [0.15, 0.2) is 88.2 Å². The van der Waals surface area contributed by atoms with Gasteiger partial charge in [-0.1, -0.05) is 55.8 Å². The molecule has 0 saturated heterocycles. The summed E-state index contributed by atoms with van der Waals surface area (Å²) in [4.78, 5) is 11.4. The normalized spacial score (nSPS) is 16.3. The molecular weight excluding hydrogens is 485 g/mol. The third-order valence-corrected chi connectivity index (χ3v) is 6.06. The molecule has 0 fully saturated rings. The molecule has 212 valence electrons. The van der Waals surface area contributed by atoms with Gasteiger partial charge < -0.3 is 19.6 Å². The van der Waals surface area contributed by atoms with Gasteiger partial charge in [-0.2, -0.15) is 4.91 Å². The van der Waals surface area contributed by atoms with E-state index in [-0.39, 0.29) is 25.2 Å². The predicted octanol–water partition coefficient (Wildman–Crippen LogP) is 6.44. The minimum atomic E-state index is -0.632. The van der Waals surface area contributed by atoms with Crippen molar-refractivity contribution in [3.8, 4) is 0 Å². The molecule has 0 bridgehead atoms. The van der Waals surface area contributed by atoms with Crippen LogP contribution in [0, 0.1) is 10.3 Å². The SMILES string of the molecule is CCC(O)CO/C=C/C=C(\C=C(C)C)C(C)(C)C1=CCC=C(OCC(CN(/C=C(\C)CF)NC)N=O)C=C1. The van der Waals surface area contributed by atoms with Crippen LogP contribution in [0.4, 0.5) is 4.39 Å². The summed E-state index contributed by atoms with van der Waals surface area (Å²) in [5.41, 5.74) is 6.59. The van der Waals surface area contributed by atoms with E-state index in [1.807, 2.05) is 37.3 Å². The standard InChI is InChI=1S/C30H46FN3O4/c1-8-28(35)22-37-16-10-12-26(17-23(2)3)30(5,6)25-11-9-13-29(15-14-25)38-21-27(33-36)20-34(32-7)19-24(4)18-31/h10-17,19,27-28,32,35H,8-9,18,20-22H2,1-7H3/b16-10+,24-19+,26-12+. The van der Waals surface area contributed by atoms with Gasteiger partial charge in [0.15, 0.2) is 0 Å². The Labute approximate surface area is 228 Å². The fourth-order valence-corrected chi connectivity index (χ4v) is 3.62. The number of hydrogen-bond acceptors (Lipinski definition) is 7. The summed E-state index contributed by atoms with van der Waals surface area (Å²) in [6.45, 7) is 12.1. The van der Waals surface area contributed by atoms with Gasteiger partial charge in [-0.25, -0.2) is 9.82 Å². The van der Waals surface area contributed by atoms with E-state index in [0.29, 0.717) is 24.2 Å². The van der Waals surface area contributed by atoms with Crippen molar-refractivity contribution in [2.75, 3.05) is 33.5 Å². The monoisotopic (exact) mass is 531 g/mol. The molecule has 1 aliphatic rings. The zero-order chi connectivity index (χ0) is 28.6. The lowest BCUT2D eigenvalue weighted by molar-refractivity contribution is 0.0816. The largest absolute Gasteiger partial charge is 0.499 e. The van der Waals surface area contributed by atoms with Gasteiger partial charge in [0, 0.05) is 18.7 Å². The van der Waals surface area contributed by atoms with Crippen molar-refractivity contribution < 1.29 is 19.0 Å². The van der Waals surface area contributed by atoms with E-state index in [4.69, 9.17) is 9.47 Å². The number of alkyl halides is 1. The summed E-state index contributed by atoms with van der Waals surface area (Å²) in [5.74, 6) is 0.669. The number of allylic oxidation sites excluding steroid dienone is 11. The number of aliphatic hydroxyl groups is 1. The van der Waals surface area contributed by atoms with E-state index >= 15 is 0 Å². The second-order valence-corrected chi connectivity index (χ2v) is 10.1. The quantitative estimate of drug-likeness (QED) is 0.0973. The zero-order valence-electron chi connectivity index (χ0n) is 24.0. The van der Waals surface area contributed by atoms with Crippen LogP contribution in [0.1, 0.15) is 54.4 Å². The summed E-state index contributed by atoms with van der Waals surface area (Å²) in [6.07, 6.45) is 18.2. The van der Waals surface area contributed by atoms with E-state index in [1.165, 1.54) is 5.57 Å². The first-order valence-electron chi connectivity index (χ1n) is 13.1. The lowest BCUT2D eigenvalue weighted by Gasteiger charge is -2.28. The van der Waals surface area contributed by atoms with Crippen molar-refractivity contribution in [1.29, 1.82) is 0 Å². The van der Waals surface area contributed by atoms with Crippen molar-refractivity contribution in [1.82, 2.24) is 10.4 Å². The van der Waals surface area contributed by atoms with Crippen molar-refractivity contribution in [2.45, 2.75) is 66.5 Å². The average Bonchev–Trinajstić information content (AvgIpc) is 3.15. The van der Waals surface area contributed by atoms with E-state index in [1.54, 1.807) is 31.4 Å². The summed E-state index contributed by atoms with van der Waals surface area (Å²) in [7, 11) is 1.70. The fraction of sp³-hybridized carbons (Fsp3) is 0.533. The van der Waals surface area contributed by atoms with Crippen LogP contribution in [-0.2, 0) is 9.47 Å². The average molecular weight is 532 g/mol. The summed E-state index contributed by atoms with van der Waals surface area (Å²) < 4.78 is 24.2. The highest BCUT2D eigenvalue weighted by Gasteiger charge is 2.25. The maximum absolute atomic E-state index is 12.8. The Balaban J connectivity index is 2.91. The Kier molecular flexibility index (Phi) is 15.2. The molecule has 0 heterocycles. The maximum atomic E-state index is 12.8. The number of nitrogens with zero attached hydrogens (tertiary/aromatic N) is 2. The molecule has 1 aliphatic carbocycles. The van der Waals surface area contributed by atoms with E-state index in [9.17, 15) is 14.4 Å². The van der Waals surface area contributed by atoms with Crippen molar-refractivity contribution in [3.63, 3.8) is 0 Å². The minimum absolute atomic E-state index is 0.111. The van der Waals surface area contributed by atoms with Crippen LogP contribution in [0.3, 0.4) is 0 Å². The molecule has 38 heavy (non-hydrogen) atoms. The van der Waals surface area contributed by atoms with E-state index < -0.39 is 18.8 Å². The molecular formula is C30H46FN3O4. The molecule has 0 aromatic heterocycles. The lowest BCUT2D eigenvalue weighted by Crippen LogP contribution is -2.38. The summed E-state index contributed by atoms with van der Waals surface area (Å²) >= 11 is 0. The molecule has 7 nitrogen and oxygen atoms in total. The second kappa shape index (κ2) is 17.5. The Morgan fingerprint density at radius 1 is 1.26 bits per heavy atom. The van der Waals surface area contributed by atoms with Crippen molar-refractivity contribution in [2.24, 2.45) is 10.6 Å². The molecule has 8 heteroatoms. The van der Waals surface area contributed by atoms with E-state index in [2.05, 4.69) is 50.4 Å². The van der Waals surface area contributed by atoms with Crippen LogP contribution in [0.5, 0.6) is 0 Å². The molecule has 0 spiro atoms. The van der Waals surface area contributed by atoms with Gasteiger partial charge in [0.1, 0.15) is 31.7 Å². The zero-order valence-corrected chi connectivity index (χ0v) is 24.0. The Hall–Kier alpha value is -2.97. The highest BCUT2D eigenvalue weighted by atomic mass is 19.1. The highest BCUT2D eigenvalue weighted by Crippen LogP contribution is 2.38. The van der Waals surface area contributed by atoms with Gasteiger partial charge in [-0.05, 0) is 68.6 Å². The van der Waals surface area contributed by atoms with Gasteiger partial charge >= 0.3 is 0 Å². The number of hydrazine groups is 1. The van der Waals surface area contributed by atoms with Gasteiger partial charge in [0.05, 0.1) is 18.9 Å². The third kappa shape index (κ3) is 12.0. The Morgan fingerprint density at radius 3 is 2.61 bits per heavy atom. The van der Waals surface area contributed by atoms with Gasteiger partial charge in [0.2, 0.25) is 0 Å². The highest BCUT2D eigenvalue weighted by molar-refractivity contribution is 5.44. The number of ether oxygens (including phenoxy) is 2. The molecule has 1 rings (SSSR count).